The smallest absolute Gasteiger partial charge is 0.408 e. The number of likely N-dealkylation sites (N-methyl/N-ethyl adjacent to an activating group) is 1. The molecule has 2 atom stereocenters. The van der Waals surface area contributed by atoms with Gasteiger partial charge < -0.3 is 25.0 Å². The third-order valence-corrected chi connectivity index (χ3v) is 5.43. The van der Waals surface area contributed by atoms with Crippen molar-refractivity contribution in [2.45, 2.75) is 85.9 Å². The van der Waals surface area contributed by atoms with Gasteiger partial charge in [0.25, 0.3) is 0 Å². The summed E-state index contributed by atoms with van der Waals surface area (Å²) in [5.74, 6) is -1.15. The Morgan fingerprint density at radius 1 is 1.06 bits per heavy atom. The third-order valence-electron chi connectivity index (χ3n) is 5.43. The average Bonchev–Trinajstić information content (AvgIpc) is 2.73. The molecule has 0 aliphatic rings. The van der Waals surface area contributed by atoms with Crippen LogP contribution in [0.25, 0.3) is 0 Å². The highest BCUT2D eigenvalue weighted by Gasteiger charge is 2.35. The SMILES string of the molecule is CCOC(=O)CCNC(=O)C(c1c(C)cccc1C)N(C)C(=O)C(CC(C)C)NC(=O)OC(C)(C)C. The number of nitrogens with one attached hydrogen (secondary N) is 2. The molecule has 0 saturated heterocycles. The summed E-state index contributed by atoms with van der Waals surface area (Å²) in [5.41, 5.74) is 1.67. The van der Waals surface area contributed by atoms with Crippen LogP contribution in [0.1, 0.15) is 77.1 Å². The van der Waals surface area contributed by atoms with Crippen molar-refractivity contribution >= 4 is 23.9 Å². The summed E-state index contributed by atoms with van der Waals surface area (Å²) in [6.07, 6.45) is -0.309. The van der Waals surface area contributed by atoms with Crippen molar-refractivity contribution in [1.29, 1.82) is 0 Å². The topological polar surface area (TPSA) is 114 Å². The Morgan fingerprint density at radius 3 is 2.14 bits per heavy atom. The minimum Gasteiger partial charge on any atom is -0.466 e. The van der Waals surface area contributed by atoms with E-state index in [0.717, 1.165) is 11.1 Å². The van der Waals surface area contributed by atoms with Crippen LogP contribution >= 0.6 is 0 Å². The van der Waals surface area contributed by atoms with Gasteiger partial charge in [-0.3, -0.25) is 14.4 Å². The Balaban J connectivity index is 3.27. The first-order valence-corrected chi connectivity index (χ1v) is 12.4. The lowest BCUT2D eigenvalue weighted by Crippen LogP contribution is -2.52. The van der Waals surface area contributed by atoms with Crippen LogP contribution in [0.4, 0.5) is 4.79 Å². The van der Waals surface area contributed by atoms with Crippen molar-refractivity contribution in [2.24, 2.45) is 5.92 Å². The molecular formula is C27H43N3O6. The number of hydrogen-bond donors (Lipinski definition) is 2. The van der Waals surface area contributed by atoms with E-state index in [0.29, 0.717) is 12.0 Å². The summed E-state index contributed by atoms with van der Waals surface area (Å²) >= 11 is 0. The number of alkyl carbamates (subject to hydrolysis) is 1. The molecule has 1 rings (SSSR count). The molecule has 0 spiro atoms. The van der Waals surface area contributed by atoms with Crippen molar-refractivity contribution in [3.05, 3.63) is 34.9 Å². The second-order valence-corrected chi connectivity index (χ2v) is 10.3. The van der Waals surface area contributed by atoms with Crippen molar-refractivity contribution in [1.82, 2.24) is 15.5 Å². The van der Waals surface area contributed by atoms with Crippen LogP contribution in [0, 0.1) is 19.8 Å². The molecule has 0 fully saturated rings. The zero-order chi connectivity index (χ0) is 27.6. The molecule has 0 aliphatic heterocycles. The number of rotatable bonds is 11. The van der Waals surface area contributed by atoms with Crippen molar-refractivity contribution in [3.8, 4) is 0 Å². The highest BCUT2D eigenvalue weighted by atomic mass is 16.6. The van der Waals surface area contributed by atoms with E-state index < -0.39 is 41.6 Å². The molecule has 1 aromatic rings. The largest absolute Gasteiger partial charge is 0.466 e. The van der Waals surface area contributed by atoms with Gasteiger partial charge in [-0.15, -0.1) is 0 Å². The molecule has 2 N–H and O–H groups in total. The highest BCUT2D eigenvalue weighted by molar-refractivity contribution is 5.92. The normalized spacial score (nSPS) is 12.9. The monoisotopic (exact) mass is 505 g/mol. The molecule has 0 aromatic heterocycles. The van der Waals surface area contributed by atoms with Crippen LogP contribution < -0.4 is 10.6 Å². The maximum atomic E-state index is 13.7. The first-order valence-electron chi connectivity index (χ1n) is 12.4. The maximum absolute atomic E-state index is 13.7. The van der Waals surface area contributed by atoms with Crippen LogP contribution in [0.2, 0.25) is 0 Å². The van der Waals surface area contributed by atoms with E-state index in [2.05, 4.69) is 10.6 Å². The fourth-order valence-corrected chi connectivity index (χ4v) is 3.89. The predicted molar refractivity (Wildman–Crippen MR) is 138 cm³/mol. The van der Waals surface area contributed by atoms with Gasteiger partial charge >= 0.3 is 12.1 Å². The van der Waals surface area contributed by atoms with Gasteiger partial charge in [0.05, 0.1) is 13.0 Å². The van der Waals surface area contributed by atoms with Crippen LogP contribution in [-0.4, -0.2) is 60.6 Å². The summed E-state index contributed by atoms with van der Waals surface area (Å²) in [5, 5.41) is 5.45. The quantitative estimate of drug-likeness (QED) is 0.442. The van der Waals surface area contributed by atoms with E-state index in [9.17, 15) is 19.2 Å². The fraction of sp³-hybridized carbons (Fsp3) is 0.630. The van der Waals surface area contributed by atoms with Crippen molar-refractivity contribution in [2.75, 3.05) is 20.2 Å². The summed E-state index contributed by atoms with van der Waals surface area (Å²) < 4.78 is 10.3. The fourth-order valence-electron chi connectivity index (χ4n) is 3.89. The van der Waals surface area contributed by atoms with Gasteiger partial charge in [-0.2, -0.15) is 0 Å². The second-order valence-electron chi connectivity index (χ2n) is 10.3. The van der Waals surface area contributed by atoms with Crippen LogP contribution in [0.15, 0.2) is 18.2 Å². The molecule has 0 radical (unpaired) electrons. The first-order chi connectivity index (χ1) is 16.7. The Morgan fingerprint density at radius 2 is 1.64 bits per heavy atom. The molecule has 1 aromatic carbocycles. The van der Waals surface area contributed by atoms with Crippen LogP contribution in [0.3, 0.4) is 0 Å². The summed E-state index contributed by atoms with van der Waals surface area (Å²) in [4.78, 5) is 52.7. The number of benzene rings is 1. The van der Waals surface area contributed by atoms with Crippen molar-refractivity contribution < 1.29 is 28.7 Å². The lowest BCUT2D eigenvalue weighted by molar-refractivity contribution is -0.144. The second kappa shape index (κ2) is 13.8. The molecule has 0 aliphatic carbocycles. The zero-order valence-electron chi connectivity index (χ0n) is 23.2. The molecule has 9 heteroatoms. The molecule has 2 unspecified atom stereocenters. The van der Waals surface area contributed by atoms with E-state index in [1.54, 1.807) is 34.7 Å². The summed E-state index contributed by atoms with van der Waals surface area (Å²) in [7, 11) is 1.55. The number of hydrogen-bond acceptors (Lipinski definition) is 6. The van der Waals surface area contributed by atoms with E-state index in [1.807, 2.05) is 45.9 Å². The van der Waals surface area contributed by atoms with E-state index in [1.165, 1.54) is 4.90 Å². The molecule has 0 heterocycles. The first kappa shape index (κ1) is 30.9. The van der Waals surface area contributed by atoms with Gasteiger partial charge in [0, 0.05) is 13.6 Å². The molecular weight excluding hydrogens is 462 g/mol. The lowest BCUT2D eigenvalue weighted by Gasteiger charge is -2.33. The lowest BCUT2D eigenvalue weighted by atomic mass is 9.93. The van der Waals surface area contributed by atoms with Crippen LogP contribution in [-0.2, 0) is 23.9 Å². The van der Waals surface area contributed by atoms with E-state index in [4.69, 9.17) is 9.47 Å². The maximum Gasteiger partial charge on any atom is 0.408 e. The van der Waals surface area contributed by atoms with Gasteiger partial charge in [0.15, 0.2) is 0 Å². The number of amides is 3. The number of carbonyl (C=O) groups excluding carboxylic acids is 4. The molecule has 202 valence electrons. The Labute approximate surface area is 215 Å². The minimum atomic E-state index is -0.962. The van der Waals surface area contributed by atoms with E-state index in [-0.39, 0.29) is 25.5 Å². The Hall–Kier alpha value is -3.10. The number of aryl methyl sites for hydroxylation is 2. The summed E-state index contributed by atoms with van der Waals surface area (Å²) in [6, 6.07) is 3.80. The number of carbonyl (C=O) groups is 4. The summed E-state index contributed by atoms with van der Waals surface area (Å²) in [6.45, 7) is 14.9. The van der Waals surface area contributed by atoms with Gasteiger partial charge in [0.1, 0.15) is 17.7 Å². The predicted octanol–water partition coefficient (Wildman–Crippen LogP) is 3.81. The molecule has 0 saturated carbocycles. The molecule has 9 nitrogen and oxygen atoms in total. The number of esters is 1. The number of nitrogens with zero attached hydrogens (tertiary/aromatic N) is 1. The molecule has 36 heavy (non-hydrogen) atoms. The van der Waals surface area contributed by atoms with Crippen molar-refractivity contribution in [3.63, 3.8) is 0 Å². The number of ether oxygens (including phenoxy) is 2. The highest BCUT2D eigenvalue weighted by Crippen LogP contribution is 2.28. The minimum absolute atomic E-state index is 0.0207. The Bertz CT molecular complexity index is 902. The van der Waals surface area contributed by atoms with Gasteiger partial charge in [-0.05, 0) is 70.6 Å². The standard InChI is InChI=1S/C27H43N3O6/c1-10-35-21(31)14-15-28-24(32)23(22-18(4)12-11-13-19(22)5)30(9)25(33)20(16-17(2)3)29-26(34)36-27(6,7)8/h11-13,17,20,23H,10,14-16H2,1-9H3,(H,28,32)(H,29,34). The van der Waals surface area contributed by atoms with Gasteiger partial charge in [0.2, 0.25) is 11.8 Å². The van der Waals surface area contributed by atoms with Gasteiger partial charge in [-0.25, -0.2) is 4.79 Å². The Kier molecular flexibility index (Phi) is 11.9. The van der Waals surface area contributed by atoms with E-state index >= 15 is 0 Å². The average molecular weight is 506 g/mol. The third kappa shape index (κ3) is 9.87. The zero-order valence-corrected chi connectivity index (χ0v) is 23.2. The van der Waals surface area contributed by atoms with Crippen LogP contribution in [0.5, 0.6) is 0 Å². The molecule has 3 amide bonds. The van der Waals surface area contributed by atoms with Gasteiger partial charge in [-0.1, -0.05) is 32.0 Å². The molecule has 0 bridgehead atoms.